The minimum absolute atomic E-state index is 0.298. The predicted octanol–water partition coefficient (Wildman–Crippen LogP) is 4.39. The zero-order valence-corrected chi connectivity index (χ0v) is 19.3. The number of nitrogens with one attached hydrogen (secondary N) is 1. The number of aromatic carboxylic acids is 1. The van der Waals surface area contributed by atoms with Gasteiger partial charge in [0.25, 0.3) is 0 Å². The van der Waals surface area contributed by atoms with E-state index in [4.69, 9.17) is 14.2 Å². The number of carboxylic acid groups (broad SMARTS) is 1. The van der Waals surface area contributed by atoms with Gasteiger partial charge in [0.05, 0.1) is 18.4 Å². The number of methoxy groups -OCH3 is 1. The lowest BCUT2D eigenvalue weighted by Crippen LogP contribution is -2.16. The molecule has 2 N–H and O–H groups in total. The van der Waals surface area contributed by atoms with E-state index in [1.807, 2.05) is 31.2 Å². The van der Waals surface area contributed by atoms with Crippen molar-refractivity contribution in [2.45, 2.75) is 18.2 Å². The number of rotatable bonds is 9. The van der Waals surface area contributed by atoms with Gasteiger partial charge in [-0.25, -0.2) is 14.8 Å². The lowest BCUT2D eigenvalue weighted by Gasteiger charge is -2.20. The van der Waals surface area contributed by atoms with E-state index in [-0.39, 0.29) is 0 Å². The molecule has 8 nitrogen and oxygen atoms in total. The zero-order chi connectivity index (χ0) is 23.2. The second-order valence-electron chi connectivity index (χ2n) is 7.22. The first kappa shape index (κ1) is 22.7. The highest BCUT2D eigenvalue weighted by Gasteiger charge is 2.16. The van der Waals surface area contributed by atoms with Crippen LogP contribution >= 0.6 is 11.8 Å². The number of aromatic nitrogens is 2. The molecule has 0 unspecified atom stereocenters. The molecule has 0 atom stereocenters. The summed E-state index contributed by atoms with van der Waals surface area (Å²) in [5, 5.41) is 12.7. The Balaban J connectivity index is 1.47. The number of nitrogens with zero attached hydrogens (tertiary/aromatic N) is 2. The van der Waals surface area contributed by atoms with E-state index in [0.717, 1.165) is 39.0 Å². The standard InChI is InChI=1S/C24H25N3O5S/c1-3-33-22-11-15(4-5-17(22)24(28)29)18-12-23(27-14-26-18)25-7-6-16-10-20-21(13-19(16)30-2)32-9-8-31-20/h4-5,10-14H,3,6-9H2,1-2H3,(H,28,29)(H,25,26,27). The first-order chi connectivity index (χ1) is 16.1. The molecule has 2 heterocycles. The Labute approximate surface area is 196 Å². The Morgan fingerprint density at radius 1 is 1.15 bits per heavy atom. The summed E-state index contributed by atoms with van der Waals surface area (Å²) >= 11 is 1.50. The van der Waals surface area contributed by atoms with Crippen molar-refractivity contribution < 1.29 is 24.1 Å². The topological polar surface area (TPSA) is 103 Å². The number of fused-ring (bicyclic) bond motifs is 1. The van der Waals surface area contributed by atoms with Crippen LogP contribution in [0.2, 0.25) is 0 Å². The molecule has 0 amide bonds. The zero-order valence-electron chi connectivity index (χ0n) is 18.5. The SMILES string of the molecule is CCSc1cc(-c2cc(NCCc3cc4c(cc3OC)OCCO4)ncn2)ccc1C(=O)O. The average molecular weight is 468 g/mol. The van der Waals surface area contributed by atoms with Crippen LogP contribution in [0.4, 0.5) is 5.82 Å². The lowest BCUT2D eigenvalue weighted by atomic mass is 10.1. The number of ether oxygens (including phenoxy) is 3. The Morgan fingerprint density at radius 2 is 1.94 bits per heavy atom. The van der Waals surface area contributed by atoms with Crippen LogP contribution in [0.5, 0.6) is 17.2 Å². The molecule has 1 aromatic heterocycles. The van der Waals surface area contributed by atoms with Crippen LogP contribution in [0.25, 0.3) is 11.3 Å². The van der Waals surface area contributed by atoms with Crippen LogP contribution in [0.3, 0.4) is 0 Å². The van der Waals surface area contributed by atoms with E-state index in [9.17, 15) is 9.90 Å². The van der Waals surface area contributed by atoms with E-state index in [1.165, 1.54) is 18.1 Å². The van der Waals surface area contributed by atoms with E-state index in [1.54, 1.807) is 19.2 Å². The molecule has 3 aromatic rings. The number of benzene rings is 2. The molecule has 0 radical (unpaired) electrons. The fourth-order valence-corrected chi connectivity index (χ4v) is 4.40. The highest BCUT2D eigenvalue weighted by Crippen LogP contribution is 2.37. The van der Waals surface area contributed by atoms with Gasteiger partial charge in [0.1, 0.15) is 31.1 Å². The molecule has 0 bridgehead atoms. The van der Waals surface area contributed by atoms with Crippen molar-refractivity contribution in [1.82, 2.24) is 9.97 Å². The molecule has 33 heavy (non-hydrogen) atoms. The van der Waals surface area contributed by atoms with Crippen LogP contribution in [-0.4, -0.2) is 53.7 Å². The summed E-state index contributed by atoms with van der Waals surface area (Å²) in [6.07, 6.45) is 2.20. The Kier molecular flexibility index (Phi) is 7.19. The first-order valence-corrected chi connectivity index (χ1v) is 11.6. The quantitative estimate of drug-likeness (QED) is 0.444. The molecule has 1 aliphatic rings. The molecule has 0 spiro atoms. The number of carbonyl (C=O) groups is 1. The average Bonchev–Trinajstić information content (AvgIpc) is 2.83. The van der Waals surface area contributed by atoms with Crippen molar-refractivity contribution in [3.05, 3.63) is 53.9 Å². The molecule has 4 rings (SSSR count). The van der Waals surface area contributed by atoms with Gasteiger partial charge < -0.3 is 24.6 Å². The number of hydrogen-bond acceptors (Lipinski definition) is 8. The molecule has 0 saturated carbocycles. The molecule has 0 saturated heterocycles. The van der Waals surface area contributed by atoms with Gasteiger partial charge in [0, 0.05) is 29.1 Å². The van der Waals surface area contributed by atoms with Crippen molar-refractivity contribution in [3.63, 3.8) is 0 Å². The molecule has 0 aliphatic carbocycles. The lowest BCUT2D eigenvalue weighted by molar-refractivity contribution is 0.0693. The third-order valence-electron chi connectivity index (χ3n) is 5.12. The summed E-state index contributed by atoms with van der Waals surface area (Å²) in [5.41, 5.74) is 2.87. The van der Waals surface area contributed by atoms with Crippen molar-refractivity contribution in [3.8, 4) is 28.5 Å². The summed E-state index contributed by atoms with van der Waals surface area (Å²) in [7, 11) is 1.64. The Hall–Kier alpha value is -3.46. The van der Waals surface area contributed by atoms with Gasteiger partial charge in [0.15, 0.2) is 11.5 Å². The highest BCUT2D eigenvalue weighted by atomic mass is 32.2. The second kappa shape index (κ2) is 10.4. The number of anilines is 1. The molecule has 1 aliphatic heterocycles. The highest BCUT2D eigenvalue weighted by molar-refractivity contribution is 7.99. The Bertz CT molecular complexity index is 1150. The van der Waals surface area contributed by atoms with Gasteiger partial charge >= 0.3 is 5.97 Å². The van der Waals surface area contributed by atoms with Gasteiger partial charge in [-0.3, -0.25) is 0 Å². The minimum Gasteiger partial charge on any atom is -0.496 e. The third-order valence-corrected chi connectivity index (χ3v) is 6.06. The molecular weight excluding hydrogens is 442 g/mol. The monoisotopic (exact) mass is 467 g/mol. The van der Waals surface area contributed by atoms with E-state index in [0.29, 0.717) is 43.3 Å². The van der Waals surface area contributed by atoms with Crippen LogP contribution in [0.1, 0.15) is 22.8 Å². The van der Waals surface area contributed by atoms with Crippen LogP contribution < -0.4 is 19.5 Å². The number of carboxylic acids is 1. The molecular formula is C24H25N3O5S. The predicted molar refractivity (Wildman–Crippen MR) is 127 cm³/mol. The normalized spacial score (nSPS) is 12.3. The second-order valence-corrected chi connectivity index (χ2v) is 8.53. The van der Waals surface area contributed by atoms with E-state index < -0.39 is 5.97 Å². The smallest absolute Gasteiger partial charge is 0.336 e. The fourth-order valence-electron chi connectivity index (χ4n) is 3.57. The summed E-state index contributed by atoms with van der Waals surface area (Å²) < 4.78 is 16.8. The van der Waals surface area contributed by atoms with Crippen LogP contribution in [0.15, 0.2) is 47.6 Å². The van der Waals surface area contributed by atoms with Crippen molar-refractivity contribution >= 4 is 23.5 Å². The van der Waals surface area contributed by atoms with Gasteiger partial charge in [-0.15, -0.1) is 11.8 Å². The van der Waals surface area contributed by atoms with Gasteiger partial charge in [-0.1, -0.05) is 13.0 Å². The summed E-state index contributed by atoms with van der Waals surface area (Å²) in [4.78, 5) is 20.9. The summed E-state index contributed by atoms with van der Waals surface area (Å²) in [6, 6.07) is 10.9. The molecule has 9 heteroatoms. The van der Waals surface area contributed by atoms with Crippen LogP contribution in [0, 0.1) is 0 Å². The van der Waals surface area contributed by atoms with Crippen molar-refractivity contribution in [1.29, 1.82) is 0 Å². The van der Waals surface area contributed by atoms with Crippen LogP contribution in [-0.2, 0) is 6.42 Å². The Morgan fingerprint density at radius 3 is 2.67 bits per heavy atom. The van der Waals surface area contributed by atoms with Crippen molar-refractivity contribution in [2.75, 3.05) is 37.9 Å². The van der Waals surface area contributed by atoms with E-state index in [2.05, 4.69) is 15.3 Å². The molecule has 0 fully saturated rings. The minimum atomic E-state index is -0.933. The summed E-state index contributed by atoms with van der Waals surface area (Å²) in [5.74, 6) is 2.71. The maximum Gasteiger partial charge on any atom is 0.336 e. The summed E-state index contributed by atoms with van der Waals surface area (Å²) in [6.45, 7) is 3.69. The van der Waals surface area contributed by atoms with Gasteiger partial charge in [-0.05, 0) is 35.9 Å². The number of thioether (sulfide) groups is 1. The van der Waals surface area contributed by atoms with Gasteiger partial charge in [0.2, 0.25) is 0 Å². The largest absolute Gasteiger partial charge is 0.496 e. The number of hydrogen-bond donors (Lipinski definition) is 2. The maximum atomic E-state index is 11.5. The van der Waals surface area contributed by atoms with Crippen molar-refractivity contribution in [2.24, 2.45) is 0 Å². The van der Waals surface area contributed by atoms with E-state index >= 15 is 0 Å². The maximum absolute atomic E-state index is 11.5. The van der Waals surface area contributed by atoms with Gasteiger partial charge in [-0.2, -0.15) is 0 Å². The fraction of sp³-hybridized carbons (Fsp3) is 0.292. The third kappa shape index (κ3) is 5.31. The first-order valence-electron chi connectivity index (χ1n) is 10.6. The molecule has 172 valence electrons. The molecule has 2 aromatic carbocycles.